The van der Waals surface area contributed by atoms with E-state index in [2.05, 4.69) is 4.74 Å². The Hall–Kier alpha value is -6.74. The Morgan fingerprint density at radius 1 is 0.778 bits per heavy atom. The molecular formula is C39H37F6N4O22P. The summed E-state index contributed by atoms with van der Waals surface area (Å²) in [5.74, 6) is -12.1. The summed E-state index contributed by atoms with van der Waals surface area (Å²) in [5, 5.41) is 44.8. The molecule has 2 aromatic heterocycles. The van der Waals surface area contributed by atoms with E-state index in [-0.39, 0.29) is 4.57 Å². The molecule has 10 atom stereocenters. The zero-order valence-corrected chi connectivity index (χ0v) is 36.7. The standard InChI is InChI=1S/C39H37F6N4O22P/c40-38(41,42)27(39(43,44)45)30(54)65-18-36(49-14-12-23(52)47-33(49)57)31(55)37(60,21(15-50)69-36)71-72(61,62)70-29(53)26-24(67-34(58)63-16-19-7-3-1-4-8-19)25(28(66-26)48-13-11-22(51)46-32(48)56)68-35(59)64-17-20-9-5-2-6-10-20/h1-14,21,24-29,31,50,53,55,60H,15-18H2,(H,61,62)(H,46,51,56)(H,47,52,57)/t21-,24+,25-,26+,28-,29?,31+,36-,37+/m1/s1. The van der Waals surface area contributed by atoms with Gasteiger partial charge < -0.3 is 58.5 Å². The number of nitrogens with one attached hydrogen (secondary N) is 2. The number of benzene rings is 2. The predicted molar refractivity (Wildman–Crippen MR) is 215 cm³/mol. The molecule has 4 heterocycles. The van der Waals surface area contributed by atoms with Crippen molar-refractivity contribution in [2.45, 2.75) is 80.1 Å². The number of H-pyrrole nitrogens is 2. The van der Waals surface area contributed by atoms with Crippen LogP contribution in [0.1, 0.15) is 17.4 Å². The van der Waals surface area contributed by atoms with Crippen molar-refractivity contribution in [1.29, 1.82) is 0 Å². The SMILES string of the molecule is O=C(OCc1ccccc1)O[C@@H]1[C@H](OC(=O)OCc2ccccc2)[C@@H](C(O)OP(=O)(O)O[C@]2(O)[C@@H](O)[C@](COC(=O)C(C(F)(F)F)C(F)(F)F)(n3ccc(=O)[nH]c3=O)O[C@@H]2CO)O[C@H]1n1ccc(=O)[nH]c1=O. The second kappa shape index (κ2) is 21.5. The summed E-state index contributed by atoms with van der Waals surface area (Å²) in [6.45, 7) is -4.88. The van der Waals surface area contributed by atoms with Gasteiger partial charge in [-0.05, 0) is 11.1 Å². The van der Waals surface area contributed by atoms with Gasteiger partial charge in [-0.15, -0.1) is 0 Å². The number of ether oxygens (including phenoxy) is 7. The van der Waals surface area contributed by atoms with Gasteiger partial charge in [0.15, 0.2) is 36.9 Å². The second-order valence-corrected chi connectivity index (χ2v) is 16.5. The number of carbonyl (C=O) groups is 3. The average Bonchev–Trinajstić information content (AvgIpc) is 3.73. The third kappa shape index (κ3) is 12.3. The summed E-state index contributed by atoms with van der Waals surface area (Å²) in [5.41, 5.74) is -8.14. The smallest absolute Gasteiger partial charge is 0.460 e. The van der Waals surface area contributed by atoms with E-state index in [4.69, 9.17) is 37.5 Å². The van der Waals surface area contributed by atoms with Crippen LogP contribution in [-0.2, 0) is 70.5 Å². The number of hydrogen-bond donors (Lipinski definition) is 7. The number of aromatic nitrogens is 4. The number of aliphatic hydroxyl groups is 4. The van der Waals surface area contributed by atoms with Crippen molar-refractivity contribution in [3.63, 3.8) is 0 Å². The van der Waals surface area contributed by atoms with Crippen LogP contribution < -0.4 is 22.5 Å². The number of phosphoric acid groups is 1. The number of hydrogen-bond acceptors (Lipinski definition) is 21. The Kier molecular flexibility index (Phi) is 16.3. The molecule has 72 heavy (non-hydrogen) atoms. The number of rotatable bonds is 17. The zero-order valence-electron chi connectivity index (χ0n) is 35.8. The van der Waals surface area contributed by atoms with Crippen LogP contribution in [0.5, 0.6) is 0 Å². The molecule has 0 amide bonds. The van der Waals surface area contributed by atoms with E-state index in [1.54, 1.807) is 41.4 Å². The highest BCUT2D eigenvalue weighted by molar-refractivity contribution is 7.47. The minimum Gasteiger partial charge on any atom is -0.460 e. The van der Waals surface area contributed by atoms with E-state index in [1.165, 1.54) is 24.3 Å². The van der Waals surface area contributed by atoms with E-state index < -0.39 is 148 Å². The van der Waals surface area contributed by atoms with Gasteiger partial charge in [0.1, 0.15) is 25.9 Å². The van der Waals surface area contributed by atoms with Crippen LogP contribution >= 0.6 is 7.82 Å². The first-order valence-corrected chi connectivity index (χ1v) is 21.6. The fourth-order valence-corrected chi connectivity index (χ4v) is 8.12. The van der Waals surface area contributed by atoms with Gasteiger partial charge in [-0.25, -0.2) is 28.3 Å². The number of aliphatic hydroxyl groups excluding tert-OH is 3. The van der Waals surface area contributed by atoms with Gasteiger partial charge in [0.05, 0.1) is 6.61 Å². The lowest BCUT2D eigenvalue weighted by atomic mass is 9.99. The largest absolute Gasteiger partial charge is 0.509 e. The number of alkyl halides is 6. The van der Waals surface area contributed by atoms with Crippen molar-refractivity contribution in [2.75, 3.05) is 13.2 Å². The van der Waals surface area contributed by atoms with Crippen molar-refractivity contribution in [3.05, 3.63) is 138 Å². The summed E-state index contributed by atoms with van der Waals surface area (Å²) in [7, 11) is -6.48. The maximum atomic E-state index is 13.8. The van der Waals surface area contributed by atoms with E-state index in [0.29, 0.717) is 28.0 Å². The van der Waals surface area contributed by atoms with Gasteiger partial charge in [-0.2, -0.15) is 26.3 Å². The van der Waals surface area contributed by atoms with Crippen LogP contribution in [0.3, 0.4) is 0 Å². The zero-order chi connectivity index (χ0) is 53.0. The molecule has 2 fully saturated rings. The maximum absolute atomic E-state index is 13.8. The van der Waals surface area contributed by atoms with E-state index in [9.17, 15) is 89.8 Å². The highest BCUT2D eigenvalue weighted by Gasteiger charge is 2.70. The number of nitrogens with zero attached hydrogens (tertiary/aromatic N) is 2. The summed E-state index contributed by atoms with van der Waals surface area (Å²) in [6.07, 6.45) is -33.4. The molecule has 2 aliphatic rings. The minimum absolute atomic E-state index is 0.0976. The van der Waals surface area contributed by atoms with Crippen LogP contribution in [-0.4, -0.2) is 131 Å². The first-order valence-electron chi connectivity index (χ1n) is 20.1. The molecule has 2 unspecified atom stereocenters. The molecule has 4 aromatic rings. The Morgan fingerprint density at radius 3 is 1.79 bits per heavy atom. The topological polar surface area (TPSA) is 362 Å². The summed E-state index contributed by atoms with van der Waals surface area (Å²) in [6, 6.07) is 16.8. The molecule has 26 nitrogen and oxygen atoms in total. The highest BCUT2D eigenvalue weighted by atomic mass is 31.2. The molecule has 0 aliphatic carbocycles. The first-order chi connectivity index (χ1) is 33.7. The van der Waals surface area contributed by atoms with Crippen molar-refractivity contribution in [1.82, 2.24) is 19.1 Å². The van der Waals surface area contributed by atoms with Crippen LogP contribution in [0, 0.1) is 5.92 Å². The quantitative estimate of drug-likeness (QED) is 0.0245. The normalized spacial score (nSPS) is 25.6. The van der Waals surface area contributed by atoms with Crippen molar-refractivity contribution in [2.24, 2.45) is 5.92 Å². The molecular weight excluding hydrogens is 1020 g/mol. The van der Waals surface area contributed by atoms with Crippen LogP contribution in [0.15, 0.2) is 104 Å². The minimum atomic E-state index is -6.48. The van der Waals surface area contributed by atoms with Crippen molar-refractivity contribution in [3.8, 4) is 0 Å². The molecule has 392 valence electrons. The summed E-state index contributed by atoms with van der Waals surface area (Å²) >= 11 is 0. The third-order valence-electron chi connectivity index (χ3n) is 10.3. The second-order valence-electron chi connectivity index (χ2n) is 15.2. The molecule has 0 radical (unpaired) electrons. The molecule has 33 heteroatoms. The molecule has 2 saturated heterocycles. The maximum Gasteiger partial charge on any atom is 0.509 e. The number of carbonyl (C=O) groups excluding carboxylic acids is 3. The summed E-state index contributed by atoms with van der Waals surface area (Å²) < 4.78 is 140. The van der Waals surface area contributed by atoms with Crippen LogP contribution in [0.25, 0.3) is 0 Å². The molecule has 0 bridgehead atoms. The number of halogens is 6. The highest BCUT2D eigenvalue weighted by Crippen LogP contribution is 2.55. The molecule has 6 rings (SSSR count). The number of phosphoric ester groups is 1. The van der Waals surface area contributed by atoms with Crippen molar-refractivity contribution >= 4 is 26.1 Å². The predicted octanol–water partition coefficient (Wildman–Crippen LogP) is 0.258. The molecule has 2 aliphatic heterocycles. The van der Waals surface area contributed by atoms with Crippen molar-refractivity contribution < 1.29 is 113 Å². The number of esters is 1. The fourth-order valence-electron chi connectivity index (χ4n) is 7.10. The lowest BCUT2D eigenvalue weighted by molar-refractivity contribution is -0.285. The first kappa shape index (κ1) is 54.6. The molecule has 2 aromatic carbocycles. The molecule has 7 N–H and O–H groups in total. The Bertz CT molecular complexity index is 2850. The van der Waals surface area contributed by atoms with E-state index in [1.807, 2.05) is 4.98 Å². The molecule has 0 spiro atoms. The lowest BCUT2D eigenvalue weighted by Gasteiger charge is -2.36. The Morgan fingerprint density at radius 2 is 1.29 bits per heavy atom. The average molecular weight is 1060 g/mol. The number of aromatic amines is 2. The van der Waals surface area contributed by atoms with Gasteiger partial charge in [0.25, 0.3) is 11.1 Å². The van der Waals surface area contributed by atoms with E-state index >= 15 is 0 Å². The van der Waals surface area contributed by atoms with Gasteiger partial charge in [-0.3, -0.25) is 38.0 Å². The van der Waals surface area contributed by atoms with Crippen LogP contribution in [0.4, 0.5) is 35.9 Å². The third-order valence-corrected chi connectivity index (χ3v) is 11.3. The Labute approximate surface area is 394 Å². The van der Waals surface area contributed by atoms with Gasteiger partial charge >= 0.3 is 49.8 Å². The fraction of sp³-hybridized carbons (Fsp3) is 0.410. The van der Waals surface area contributed by atoms with Gasteiger partial charge in [0.2, 0.25) is 17.4 Å². The van der Waals surface area contributed by atoms with Gasteiger partial charge in [0, 0.05) is 24.5 Å². The summed E-state index contributed by atoms with van der Waals surface area (Å²) in [4.78, 5) is 103. The van der Waals surface area contributed by atoms with Gasteiger partial charge in [-0.1, -0.05) is 60.7 Å². The lowest BCUT2D eigenvalue weighted by Crippen LogP contribution is -2.59. The van der Waals surface area contributed by atoms with E-state index in [0.717, 1.165) is 12.3 Å². The van der Waals surface area contributed by atoms with Crippen LogP contribution in [0.2, 0.25) is 0 Å². The monoisotopic (exact) mass is 1060 g/mol. The Balaban J connectivity index is 1.33. The molecule has 0 saturated carbocycles.